The molecule has 20 heavy (non-hydrogen) atoms. The van der Waals surface area contributed by atoms with Crippen molar-refractivity contribution in [3.63, 3.8) is 0 Å². The second-order valence-electron chi connectivity index (χ2n) is 4.21. The minimum atomic E-state index is -3.58. The van der Waals surface area contributed by atoms with Gasteiger partial charge in [0.2, 0.25) is 10.0 Å². The summed E-state index contributed by atoms with van der Waals surface area (Å²) in [5, 5.41) is 2.97. The average molecular weight is 382 g/mol. The Balaban J connectivity index is 2.99. The lowest BCUT2D eigenvalue weighted by Gasteiger charge is -2.16. The Kier molecular flexibility index (Phi) is 7.28. The van der Waals surface area contributed by atoms with Crippen LogP contribution >= 0.6 is 27.7 Å². The topological polar surface area (TPSA) is 71.1 Å². The summed E-state index contributed by atoms with van der Waals surface area (Å²) in [5.74, 6) is 2.08. The van der Waals surface area contributed by atoms with Gasteiger partial charge < -0.3 is 5.32 Å². The lowest BCUT2D eigenvalue weighted by Crippen LogP contribution is -2.34. The van der Waals surface area contributed by atoms with Crippen LogP contribution in [0.3, 0.4) is 0 Å². The van der Waals surface area contributed by atoms with Crippen molar-refractivity contribution in [2.75, 3.05) is 23.4 Å². The van der Waals surface area contributed by atoms with Gasteiger partial charge in [0, 0.05) is 29.0 Å². The van der Waals surface area contributed by atoms with Crippen LogP contribution in [0.4, 0.5) is 5.82 Å². The van der Waals surface area contributed by atoms with Gasteiger partial charge in [-0.1, -0.05) is 6.92 Å². The summed E-state index contributed by atoms with van der Waals surface area (Å²) in [4.78, 5) is 4.29. The van der Waals surface area contributed by atoms with Crippen LogP contribution in [0.25, 0.3) is 0 Å². The van der Waals surface area contributed by atoms with Crippen LogP contribution in [-0.4, -0.2) is 37.5 Å². The molecule has 114 valence electrons. The molecular weight excluding hydrogens is 362 g/mol. The van der Waals surface area contributed by atoms with Crippen molar-refractivity contribution in [2.24, 2.45) is 0 Å². The number of rotatable bonds is 8. The maximum Gasteiger partial charge on any atom is 0.244 e. The van der Waals surface area contributed by atoms with Crippen molar-refractivity contribution in [1.82, 2.24) is 9.71 Å². The molecule has 0 saturated carbocycles. The number of nitrogens with zero attached hydrogens (tertiary/aromatic N) is 1. The van der Waals surface area contributed by atoms with Gasteiger partial charge in [-0.05, 0) is 41.6 Å². The maximum atomic E-state index is 12.4. The van der Waals surface area contributed by atoms with E-state index in [1.807, 2.05) is 20.8 Å². The van der Waals surface area contributed by atoms with Gasteiger partial charge in [-0.15, -0.1) is 0 Å². The predicted octanol–water partition coefficient (Wildman–Crippen LogP) is 2.70. The molecule has 0 aromatic carbocycles. The minimum Gasteiger partial charge on any atom is -0.369 e. The van der Waals surface area contributed by atoms with Crippen LogP contribution in [0.15, 0.2) is 21.6 Å². The van der Waals surface area contributed by atoms with E-state index in [0.29, 0.717) is 16.8 Å². The number of aromatic nitrogens is 1. The van der Waals surface area contributed by atoms with Crippen molar-refractivity contribution >= 4 is 43.5 Å². The molecule has 0 saturated heterocycles. The average Bonchev–Trinajstić information content (AvgIpc) is 2.38. The lowest BCUT2D eigenvalue weighted by molar-refractivity contribution is 0.571. The molecule has 1 aromatic heterocycles. The predicted molar refractivity (Wildman–Crippen MR) is 88.9 cm³/mol. The molecule has 1 aromatic rings. The van der Waals surface area contributed by atoms with Gasteiger partial charge in [0.05, 0.1) is 0 Å². The van der Waals surface area contributed by atoms with Crippen LogP contribution in [0.1, 0.15) is 20.8 Å². The van der Waals surface area contributed by atoms with Crippen LogP contribution in [0, 0.1) is 0 Å². The fraction of sp³-hybridized carbons (Fsp3) is 0.583. The third-order valence-electron chi connectivity index (χ3n) is 2.38. The first-order chi connectivity index (χ1) is 9.40. The summed E-state index contributed by atoms with van der Waals surface area (Å²) >= 11 is 4.96. The zero-order valence-corrected chi connectivity index (χ0v) is 15.0. The highest BCUT2D eigenvalue weighted by Crippen LogP contribution is 2.23. The van der Waals surface area contributed by atoms with Crippen molar-refractivity contribution < 1.29 is 8.42 Å². The number of pyridine rings is 1. The van der Waals surface area contributed by atoms with E-state index in [9.17, 15) is 8.42 Å². The number of sulfonamides is 1. The van der Waals surface area contributed by atoms with Crippen LogP contribution in [-0.2, 0) is 10.0 Å². The van der Waals surface area contributed by atoms with E-state index in [1.165, 1.54) is 0 Å². The molecule has 0 aliphatic rings. The molecule has 0 aliphatic heterocycles. The zero-order chi connectivity index (χ0) is 15.2. The monoisotopic (exact) mass is 381 g/mol. The van der Waals surface area contributed by atoms with Gasteiger partial charge in [-0.2, -0.15) is 11.8 Å². The van der Waals surface area contributed by atoms with Crippen LogP contribution < -0.4 is 10.0 Å². The van der Waals surface area contributed by atoms with Gasteiger partial charge in [-0.3, -0.25) is 0 Å². The lowest BCUT2D eigenvalue weighted by atomic mass is 10.4. The fourth-order valence-electron chi connectivity index (χ4n) is 1.58. The second kappa shape index (κ2) is 8.21. The second-order valence-corrected chi connectivity index (χ2v) is 8.13. The largest absolute Gasteiger partial charge is 0.369 e. The number of hydrogen-bond acceptors (Lipinski definition) is 5. The van der Waals surface area contributed by atoms with Gasteiger partial charge in [0.15, 0.2) is 0 Å². The number of nitrogens with one attached hydrogen (secondary N) is 2. The van der Waals surface area contributed by atoms with Gasteiger partial charge in [0.25, 0.3) is 0 Å². The summed E-state index contributed by atoms with van der Waals surface area (Å²) in [5.41, 5.74) is 0. The summed E-state index contributed by atoms with van der Waals surface area (Å²) in [6, 6.07) is 1.44. The maximum absolute atomic E-state index is 12.4. The number of hydrogen-bond donors (Lipinski definition) is 2. The Morgan fingerprint density at radius 2 is 2.15 bits per heavy atom. The van der Waals surface area contributed by atoms with E-state index in [1.54, 1.807) is 24.0 Å². The van der Waals surface area contributed by atoms with E-state index in [-0.39, 0.29) is 10.9 Å². The third-order valence-corrected chi connectivity index (χ3v) is 5.56. The molecule has 1 unspecified atom stereocenters. The van der Waals surface area contributed by atoms with E-state index < -0.39 is 10.0 Å². The Labute approximate surface area is 133 Å². The minimum absolute atomic E-state index is 0.126. The van der Waals surface area contributed by atoms with Crippen LogP contribution in [0.2, 0.25) is 0 Å². The van der Waals surface area contributed by atoms with Gasteiger partial charge >= 0.3 is 0 Å². The molecule has 0 fully saturated rings. The molecule has 5 nitrogen and oxygen atoms in total. The summed E-state index contributed by atoms with van der Waals surface area (Å²) in [7, 11) is -3.58. The first-order valence-electron chi connectivity index (χ1n) is 6.40. The Morgan fingerprint density at radius 1 is 1.45 bits per heavy atom. The first kappa shape index (κ1) is 17.7. The highest BCUT2D eigenvalue weighted by Gasteiger charge is 2.22. The van der Waals surface area contributed by atoms with Crippen molar-refractivity contribution in [3.05, 3.63) is 16.7 Å². The molecule has 1 rings (SSSR count). The normalized spacial score (nSPS) is 13.2. The van der Waals surface area contributed by atoms with E-state index >= 15 is 0 Å². The zero-order valence-electron chi connectivity index (χ0n) is 11.8. The van der Waals surface area contributed by atoms with E-state index in [0.717, 1.165) is 11.5 Å². The highest BCUT2D eigenvalue weighted by molar-refractivity contribution is 9.10. The van der Waals surface area contributed by atoms with E-state index in [4.69, 9.17) is 0 Å². The molecule has 1 heterocycles. The molecule has 0 radical (unpaired) electrons. The van der Waals surface area contributed by atoms with Gasteiger partial charge in [-0.25, -0.2) is 18.1 Å². The smallest absolute Gasteiger partial charge is 0.244 e. The SMILES string of the molecule is CCNc1ncc(Br)cc1S(=O)(=O)NC(C)CSCC. The molecule has 0 bridgehead atoms. The van der Waals surface area contributed by atoms with Crippen molar-refractivity contribution in [3.8, 4) is 0 Å². The molecule has 0 aliphatic carbocycles. The Morgan fingerprint density at radius 3 is 2.75 bits per heavy atom. The van der Waals surface area contributed by atoms with Crippen molar-refractivity contribution in [1.29, 1.82) is 0 Å². The van der Waals surface area contributed by atoms with Crippen molar-refractivity contribution in [2.45, 2.75) is 31.7 Å². The first-order valence-corrected chi connectivity index (χ1v) is 9.83. The fourth-order valence-corrected chi connectivity index (χ4v) is 4.25. The quantitative estimate of drug-likeness (QED) is 0.724. The summed E-state index contributed by atoms with van der Waals surface area (Å²) < 4.78 is 28.2. The van der Waals surface area contributed by atoms with Gasteiger partial charge in [0.1, 0.15) is 10.7 Å². The molecule has 0 amide bonds. The molecular formula is C12H20BrN3O2S2. The number of thioether (sulfide) groups is 1. The van der Waals surface area contributed by atoms with Crippen LogP contribution in [0.5, 0.6) is 0 Å². The standard InChI is InChI=1S/C12H20BrN3O2S2/c1-4-14-12-11(6-10(13)7-15-12)20(17,18)16-9(3)8-19-5-2/h6-7,9,16H,4-5,8H2,1-3H3,(H,14,15). The molecule has 1 atom stereocenters. The third kappa shape index (κ3) is 5.23. The highest BCUT2D eigenvalue weighted by atomic mass is 79.9. The molecule has 2 N–H and O–H groups in total. The van der Waals surface area contributed by atoms with E-state index in [2.05, 4.69) is 31.0 Å². The Hall–Kier alpha value is -0.310. The number of anilines is 1. The molecule has 0 spiro atoms. The Bertz CT molecular complexity index is 538. The number of halogens is 1. The summed E-state index contributed by atoms with van der Waals surface area (Å²) in [6.45, 7) is 6.42. The molecule has 8 heteroatoms. The summed E-state index contributed by atoms with van der Waals surface area (Å²) in [6.07, 6.45) is 1.58.